The lowest BCUT2D eigenvalue weighted by atomic mass is 10.1. The Morgan fingerprint density at radius 2 is 2.15 bits per heavy atom. The third kappa shape index (κ3) is 2.35. The van der Waals surface area contributed by atoms with Crippen LogP contribution in [0.1, 0.15) is 35.9 Å². The molecule has 0 saturated carbocycles. The van der Waals surface area contributed by atoms with Crippen LogP contribution in [0.5, 0.6) is 0 Å². The molecule has 0 radical (unpaired) electrons. The van der Waals surface area contributed by atoms with E-state index in [2.05, 4.69) is 10.3 Å². The summed E-state index contributed by atoms with van der Waals surface area (Å²) < 4.78 is 1.32. The van der Waals surface area contributed by atoms with Crippen LogP contribution in [0.2, 0.25) is 0 Å². The molecule has 0 atom stereocenters. The Balaban J connectivity index is 2.61. The minimum atomic E-state index is -1.18. The largest absolute Gasteiger partial charge is 0.476 e. The van der Waals surface area contributed by atoms with E-state index in [0.29, 0.717) is 11.4 Å². The normalized spacial score (nSPS) is 10.8. The van der Waals surface area contributed by atoms with Crippen molar-refractivity contribution in [1.29, 1.82) is 0 Å². The molecule has 8 nitrogen and oxygen atoms in total. The van der Waals surface area contributed by atoms with Crippen LogP contribution < -0.4 is 0 Å². The predicted molar refractivity (Wildman–Crippen MR) is 69.1 cm³/mol. The van der Waals surface area contributed by atoms with Gasteiger partial charge in [0.1, 0.15) is 0 Å². The Hall–Kier alpha value is -2.77. The van der Waals surface area contributed by atoms with Gasteiger partial charge < -0.3 is 5.11 Å². The Labute approximate surface area is 113 Å². The molecule has 1 aromatic heterocycles. The molecule has 0 spiro atoms. The quantitative estimate of drug-likeness (QED) is 0.675. The van der Waals surface area contributed by atoms with E-state index >= 15 is 0 Å². The van der Waals surface area contributed by atoms with Crippen LogP contribution in [0.4, 0.5) is 5.69 Å². The molecule has 0 amide bonds. The number of aromatic carboxylic acids is 1. The SMILES string of the molecule is CC(C)c1c(C(=O)O)nnn1-c1cccc([N+](=O)[O-])c1. The zero-order valence-electron chi connectivity index (χ0n) is 10.8. The summed E-state index contributed by atoms with van der Waals surface area (Å²) in [5, 5.41) is 27.3. The highest BCUT2D eigenvalue weighted by atomic mass is 16.6. The van der Waals surface area contributed by atoms with Gasteiger partial charge in [0.15, 0.2) is 5.69 Å². The number of hydrogen-bond acceptors (Lipinski definition) is 5. The Morgan fingerprint density at radius 1 is 1.45 bits per heavy atom. The van der Waals surface area contributed by atoms with Gasteiger partial charge in [-0.3, -0.25) is 10.1 Å². The molecular weight excluding hydrogens is 264 g/mol. The van der Waals surface area contributed by atoms with E-state index < -0.39 is 10.9 Å². The van der Waals surface area contributed by atoms with Gasteiger partial charge in [-0.1, -0.05) is 25.1 Å². The Morgan fingerprint density at radius 3 is 2.70 bits per heavy atom. The summed E-state index contributed by atoms with van der Waals surface area (Å²) in [4.78, 5) is 21.4. The van der Waals surface area contributed by atoms with Crippen LogP contribution >= 0.6 is 0 Å². The van der Waals surface area contributed by atoms with Gasteiger partial charge in [-0.25, -0.2) is 9.48 Å². The zero-order valence-corrected chi connectivity index (χ0v) is 10.8. The van der Waals surface area contributed by atoms with E-state index in [1.807, 2.05) is 0 Å². The van der Waals surface area contributed by atoms with Crippen molar-refractivity contribution in [2.24, 2.45) is 0 Å². The molecule has 1 N–H and O–H groups in total. The van der Waals surface area contributed by atoms with Gasteiger partial charge in [0.2, 0.25) is 0 Å². The second-order valence-electron chi connectivity index (χ2n) is 4.47. The van der Waals surface area contributed by atoms with Gasteiger partial charge in [0.25, 0.3) is 5.69 Å². The van der Waals surface area contributed by atoms with Crippen LogP contribution in [0.3, 0.4) is 0 Å². The predicted octanol–water partition coefficient (Wildman–Crippen LogP) is 2.00. The van der Waals surface area contributed by atoms with Crippen molar-refractivity contribution >= 4 is 11.7 Å². The summed E-state index contributed by atoms with van der Waals surface area (Å²) >= 11 is 0. The molecular formula is C12H12N4O4. The first-order valence-corrected chi connectivity index (χ1v) is 5.85. The van der Waals surface area contributed by atoms with Gasteiger partial charge >= 0.3 is 5.97 Å². The lowest BCUT2D eigenvalue weighted by Gasteiger charge is -2.09. The fraction of sp³-hybridized carbons (Fsp3) is 0.250. The van der Waals surface area contributed by atoms with Crippen molar-refractivity contribution in [3.8, 4) is 5.69 Å². The molecule has 1 heterocycles. The van der Waals surface area contributed by atoms with Gasteiger partial charge in [-0.2, -0.15) is 0 Å². The molecule has 0 bridgehead atoms. The summed E-state index contributed by atoms with van der Waals surface area (Å²) in [5.74, 6) is -1.32. The summed E-state index contributed by atoms with van der Waals surface area (Å²) in [5.41, 5.74) is 0.567. The van der Waals surface area contributed by atoms with E-state index in [1.165, 1.54) is 22.9 Å². The summed E-state index contributed by atoms with van der Waals surface area (Å²) in [6, 6.07) is 5.80. The van der Waals surface area contributed by atoms with Gasteiger partial charge in [0.05, 0.1) is 16.3 Å². The molecule has 8 heteroatoms. The number of non-ortho nitro benzene ring substituents is 1. The number of aromatic nitrogens is 3. The molecule has 20 heavy (non-hydrogen) atoms. The number of rotatable bonds is 4. The molecule has 0 fully saturated rings. The molecule has 104 valence electrons. The summed E-state index contributed by atoms with van der Waals surface area (Å²) in [7, 11) is 0. The average Bonchev–Trinajstić information content (AvgIpc) is 2.83. The van der Waals surface area contributed by atoms with Crippen molar-refractivity contribution in [3.63, 3.8) is 0 Å². The van der Waals surface area contributed by atoms with E-state index in [4.69, 9.17) is 5.11 Å². The second-order valence-corrected chi connectivity index (χ2v) is 4.47. The molecule has 0 aliphatic carbocycles. The van der Waals surface area contributed by atoms with E-state index in [9.17, 15) is 14.9 Å². The first-order chi connectivity index (χ1) is 9.41. The first kappa shape index (κ1) is 13.7. The van der Waals surface area contributed by atoms with Gasteiger partial charge in [-0.15, -0.1) is 5.10 Å². The minimum Gasteiger partial charge on any atom is -0.476 e. The monoisotopic (exact) mass is 276 g/mol. The third-order valence-corrected chi connectivity index (χ3v) is 2.74. The fourth-order valence-electron chi connectivity index (χ4n) is 1.89. The van der Waals surface area contributed by atoms with E-state index in [0.717, 1.165) is 0 Å². The number of hydrogen-bond donors (Lipinski definition) is 1. The van der Waals surface area contributed by atoms with Crippen molar-refractivity contribution in [3.05, 3.63) is 45.8 Å². The van der Waals surface area contributed by atoms with Crippen LogP contribution in [0.15, 0.2) is 24.3 Å². The number of carboxylic acids is 1. The summed E-state index contributed by atoms with van der Waals surface area (Å²) in [6.45, 7) is 3.61. The molecule has 0 aliphatic rings. The number of carboxylic acid groups (broad SMARTS) is 1. The molecule has 1 aromatic carbocycles. The third-order valence-electron chi connectivity index (χ3n) is 2.74. The van der Waals surface area contributed by atoms with Crippen LogP contribution in [0.25, 0.3) is 5.69 Å². The number of benzene rings is 1. The fourth-order valence-corrected chi connectivity index (χ4v) is 1.89. The zero-order chi connectivity index (χ0) is 14.9. The highest BCUT2D eigenvalue weighted by Crippen LogP contribution is 2.23. The molecule has 0 unspecified atom stereocenters. The van der Waals surface area contributed by atoms with Crippen LogP contribution in [0, 0.1) is 10.1 Å². The molecule has 2 aromatic rings. The lowest BCUT2D eigenvalue weighted by Crippen LogP contribution is -2.08. The minimum absolute atomic E-state index is 0.0930. The second kappa shape index (κ2) is 5.08. The lowest BCUT2D eigenvalue weighted by molar-refractivity contribution is -0.384. The Kier molecular flexibility index (Phi) is 3.47. The number of carbonyl (C=O) groups is 1. The van der Waals surface area contributed by atoms with Gasteiger partial charge in [0, 0.05) is 12.1 Å². The molecule has 0 saturated heterocycles. The molecule has 2 rings (SSSR count). The van der Waals surface area contributed by atoms with E-state index in [-0.39, 0.29) is 17.3 Å². The molecule has 0 aliphatic heterocycles. The topological polar surface area (TPSA) is 111 Å². The van der Waals surface area contributed by atoms with Crippen LogP contribution in [-0.4, -0.2) is 31.0 Å². The smallest absolute Gasteiger partial charge is 0.358 e. The van der Waals surface area contributed by atoms with Crippen LogP contribution in [-0.2, 0) is 0 Å². The number of nitrogens with zero attached hydrogens (tertiary/aromatic N) is 4. The Bertz CT molecular complexity index is 678. The number of nitro benzene ring substituents is 1. The first-order valence-electron chi connectivity index (χ1n) is 5.85. The van der Waals surface area contributed by atoms with Crippen molar-refractivity contribution < 1.29 is 14.8 Å². The van der Waals surface area contributed by atoms with E-state index in [1.54, 1.807) is 19.9 Å². The number of nitro groups is 1. The maximum absolute atomic E-state index is 11.1. The maximum Gasteiger partial charge on any atom is 0.358 e. The average molecular weight is 276 g/mol. The van der Waals surface area contributed by atoms with Crippen molar-refractivity contribution in [2.75, 3.05) is 0 Å². The van der Waals surface area contributed by atoms with Gasteiger partial charge in [-0.05, 0) is 12.0 Å². The highest BCUT2D eigenvalue weighted by Gasteiger charge is 2.22. The van der Waals surface area contributed by atoms with Crippen molar-refractivity contribution in [1.82, 2.24) is 15.0 Å². The summed E-state index contributed by atoms with van der Waals surface area (Å²) in [6.07, 6.45) is 0. The highest BCUT2D eigenvalue weighted by molar-refractivity contribution is 5.86. The standard InChI is InChI=1S/C12H12N4O4/c1-7(2)11-10(12(17)18)13-14-15(11)8-4-3-5-9(6-8)16(19)20/h3-7H,1-2H3,(H,17,18). The van der Waals surface area contributed by atoms with Crippen molar-refractivity contribution in [2.45, 2.75) is 19.8 Å². The maximum atomic E-state index is 11.1.